The molecule has 104 valence electrons. The van der Waals surface area contributed by atoms with Crippen LogP contribution in [0.5, 0.6) is 5.75 Å². The Balaban J connectivity index is 1.89. The molecule has 0 atom stereocenters. The smallest absolute Gasteiger partial charge is 0.263 e. The molecular formula is C16H11NO2S2. The second-order valence-electron chi connectivity index (χ2n) is 4.49. The number of hydrogen-bond acceptors (Lipinski definition) is 4. The number of nitrogens with one attached hydrogen (secondary N) is 1. The molecule has 2 aromatic carbocycles. The van der Waals surface area contributed by atoms with E-state index < -0.39 is 0 Å². The normalized spacial score (nSPS) is 16.3. The van der Waals surface area contributed by atoms with Crippen molar-refractivity contribution in [3.8, 4) is 16.9 Å². The van der Waals surface area contributed by atoms with Crippen molar-refractivity contribution in [2.24, 2.45) is 0 Å². The molecule has 1 heterocycles. The number of carbonyl (C=O) groups excluding carboxylic acids is 1. The molecule has 1 saturated heterocycles. The third-order valence-electron chi connectivity index (χ3n) is 3.07. The maximum atomic E-state index is 11.6. The minimum Gasteiger partial charge on any atom is -0.507 e. The summed E-state index contributed by atoms with van der Waals surface area (Å²) in [6.07, 6.45) is 1.80. The molecule has 2 N–H and O–H groups in total. The number of carbonyl (C=O) groups is 1. The molecule has 1 aliphatic rings. The molecule has 0 aromatic heterocycles. The minimum atomic E-state index is -0.158. The van der Waals surface area contributed by atoms with E-state index in [-0.39, 0.29) is 11.7 Å². The van der Waals surface area contributed by atoms with Crippen molar-refractivity contribution in [1.29, 1.82) is 0 Å². The Hall–Kier alpha value is -2.11. The van der Waals surface area contributed by atoms with Gasteiger partial charge >= 0.3 is 0 Å². The molecule has 0 bridgehead atoms. The largest absolute Gasteiger partial charge is 0.507 e. The van der Waals surface area contributed by atoms with Gasteiger partial charge in [0.15, 0.2) is 0 Å². The highest BCUT2D eigenvalue weighted by molar-refractivity contribution is 8.26. The summed E-state index contributed by atoms with van der Waals surface area (Å²) in [7, 11) is 0. The Kier molecular flexibility index (Phi) is 3.77. The number of amides is 1. The van der Waals surface area contributed by atoms with Gasteiger partial charge in [-0.05, 0) is 23.3 Å². The van der Waals surface area contributed by atoms with Crippen LogP contribution in [0.15, 0.2) is 53.4 Å². The van der Waals surface area contributed by atoms with Gasteiger partial charge in [0, 0.05) is 5.56 Å². The second kappa shape index (κ2) is 5.71. The number of para-hydroxylation sites is 1. The quantitative estimate of drug-likeness (QED) is 0.657. The number of thioether (sulfide) groups is 1. The first-order valence-corrected chi connectivity index (χ1v) is 7.49. The Morgan fingerprint density at radius 3 is 2.43 bits per heavy atom. The molecule has 3 rings (SSSR count). The highest BCUT2D eigenvalue weighted by Crippen LogP contribution is 2.30. The standard InChI is InChI=1S/C16H11NO2S2/c18-13-4-2-1-3-12(13)11-7-5-10(6-8-11)9-14-15(19)17-16(20)21-14/h1-9,18H,(H,17,19,20)/b14-9-. The van der Waals surface area contributed by atoms with E-state index in [1.54, 1.807) is 18.2 Å². The topological polar surface area (TPSA) is 49.3 Å². The third-order valence-corrected chi connectivity index (χ3v) is 4.23. The molecule has 3 nitrogen and oxygen atoms in total. The first-order chi connectivity index (χ1) is 10.1. The van der Waals surface area contributed by atoms with Crippen LogP contribution in [0, 0.1) is 0 Å². The summed E-state index contributed by atoms with van der Waals surface area (Å²) < 4.78 is 0.483. The van der Waals surface area contributed by atoms with Crippen LogP contribution in [0.4, 0.5) is 0 Å². The lowest BCUT2D eigenvalue weighted by atomic mass is 10.0. The van der Waals surface area contributed by atoms with Crippen molar-refractivity contribution in [2.75, 3.05) is 0 Å². The van der Waals surface area contributed by atoms with Gasteiger partial charge in [0.2, 0.25) is 0 Å². The van der Waals surface area contributed by atoms with E-state index in [1.807, 2.05) is 36.4 Å². The maximum absolute atomic E-state index is 11.6. The average molecular weight is 313 g/mol. The fraction of sp³-hybridized carbons (Fsp3) is 0. The van der Waals surface area contributed by atoms with Gasteiger partial charge < -0.3 is 10.4 Å². The molecule has 0 saturated carbocycles. The molecule has 21 heavy (non-hydrogen) atoms. The summed E-state index contributed by atoms with van der Waals surface area (Å²) in [6.45, 7) is 0. The fourth-order valence-corrected chi connectivity index (χ4v) is 3.09. The molecule has 0 spiro atoms. The van der Waals surface area contributed by atoms with Gasteiger partial charge in [0.1, 0.15) is 10.1 Å². The highest BCUT2D eigenvalue weighted by atomic mass is 32.2. The summed E-state index contributed by atoms with van der Waals surface area (Å²) >= 11 is 6.21. The van der Waals surface area contributed by atoms with Crippen LogP contribution in [-0.2, 0) is 4.79 Å². The van der Waals surface area contributed by atoms with Gasteiger partial charge in [0.25, 0.3) is 5.91 Å². The monoisotopic (exact) mass is 313 g/mol. The lowest BCUT2D eigenvalue weighted by Gasteiger charge is -2.04. The summed E-state index contributed by atoms with van der Waals surface area (Å²) in [5.74, 6) is 0.0921. The molecule has 0 radical (unpaired) electrons. The molecule has 1 fully saturated rings. The maximum Gasteiger partial charge on any atom is 0.263 e. The molecule has 1 aliphatic heterocycles. The van der Waals surface area contributed by atoms with Crippen LogP contribution in [0.2, 0.25) is 0 Å². The number of phenols is 1. The predicted molar refractivity (Wildman–Crippen MR) is 89.9 cm³/mol. The van der Waals surface area contributed by atoms with Gasteiger partial charge in [-0.15, -0.1) is 0 Å². The van der Waals surface area contributed by atoms with Crippen LogP contribution in [0.1, 0.15) is 5.56 Å². The summed E-state index contributed by atoms with van der Waals surface area (Å²) in [6, 6.07) is 14.8. The minimum absolute atomic E-state index is 0.158. The number of rotatable bonds is 2. The summed E-state index contributed by atoms with van der Waals surface area (Å²) in [4.78, 5) is 12.2. The zero-order chi connectivity index (χ0) is 14.8. The number of hydrogen-bond donors (Lipinski definition) is 2. The van der Waals surface area contributed by atoms with Crippen molar-refractivity contribution in [2.45, 2.75) is 0 Å². The number of thiocarbonyl (C=S) groups is 1. The first-order valence-electron chi connectivity index (χ1n) is 6.27. The molecule has 5 heteroatoms. The summed E-state index contributed by atoms with van der Waals surface area (Å²) in [5.41, 5.74) is 2.62. The van der Waals surface area contributed by atoms with E-state index in [1.165, 1.54) is 11.8 Å². The molecule has 1 amide bonds. The fourth-order valence-electron chi connectivity index (χ4n) is 2.05. The zero-order valence-corrected chi connectivity index (χ0v) is 12.5. The van der Waals surface area contributed by atoms with E-state index in [0.717, 1.165) is 16.7 Å². The molecular weight excluding hydrogens is 302 g/mol. The Bertz CT molecular complexity index is 751. The van der Waals surface area contributed by atoms with Gasteiger partial charge in [-0.1, -0.05) is 66.4 Å². The Morgan fingerprint density at radius 2 is 1.81 bits per heavy atom. The van der Waals surface area contributed by atoms with E-state index in [4.69, 9.17) is 12.2 Å². The molecule has 0 aliphatic carbocycles. The van der Waals surface area contributed by atoms with Crippen molar-refractivity contribution < 1.29 is 9.90 Å². The van der Waals surface area contributed by atoms with E-state index in [2.05, 4.69) is 5.32 Å². The van der Waals surface area contributed by atoms with Crippen molar-refractivity contribution in [3.05, 3.63) is 59.0 Å². The van der Waals surface area contributed by atoms with Crippen LogP contribution in [0.25, 0.3) is 17.2 Å². The van der Waals surface area contributed by atoms with E-state index >= 15 is 0 Å². The van der Waals surface area contributed by atoms with Gasteiger partial charge in [-0.25, -0.2) is 0 Å². The third kappa shape index (κ3) is 2.99. The SMILES string of the molecule is O=C1NC(=S)S/C1=C\c1ccc(-c2ccccc2O)cc1. The zero-order valence-electron chi connectivity index (χ0n) is 10.9. The molecule has 2 aromatic rings. The van der Waals surface area contributed by atoms with Gasteiger partial charge in [-0.2, -0.15) is 0 Å². The van der Waals surface area contributed by atoms with Crippen molar-refractivity contribution in [1.82, 2.24) is 5.32 Å². The van der Waals surface area contributed by atoms with Crippen molar-refractivity contribution >= 4 is 40.3 Å². The van der Waals surface area contributed by atoms with Crippen molar-refractivity contribution in [3.63, 3.8) is 0 Å². The van der Waals surface area contributed by atoms with Gasteiger partial charge in [-0.3, -0.25) is 4.79 Å². The number of phenolic OH excluding ortho intramolecular Hbond substituents is 1. The lowest BCUT2D eigenvalue weighted by Crippen LogP contribution is -2.17. The molecule has 0 unspecified atom stereocenters. The lowest BCUT2D eigenvalue weighted by molar-refractivity contribution is -0.115. The summed E-state index contributed by atoms with van der Waals surface area (Å²) in [5, 5.41) is 12.4. The highest BCUT2D eigenvalue weighted by Gasteiger charge is 2.21. The van der Waals surface area contributed by atoms with Crippen LogP contribution < -0.4 is 5.32 Å². The number of benzene rings is 2. The first kappa shape index (κ1) is 13.9. The van der Waals surface area contributed by atoms with Crippen LogP contribution >= 0.6 is 24.0 Å². The van der Waals surface area contributed by atoms with Gasteiger partial charge in [0.05, 0.1) is 4.91 Å². The van der Waals surface area contributed by atoms with Crippen LogP contribution in [-0.4, -0.2) is 15.3 Å². The van der Waals surface area contributed by atoms with E-state index in [0.29, 0.717) is 9.23 Å². The Labute approximate surface area is 131 Å². The Morgan fingerprint density at radius 1 is 1.10 bits per heavy atom. The average Bonchev–Trinajstić information content (AvgIpc) is 2.78. The van der Waals surface area contributed by atoms with E-state index in [9.17, 15) is 9.90 Å². The predicted octanol–water partition coefficient (Wildman–Crippen LogP) is 3.55. The number of aromatic hydroxyl groups is 1. The van der Waals surface area contributed by atoms with Crippen LogP contribution in [0.3, 0.4) is 0 Å². The second-order valence-corrected chi connectivity index (χ2v) is 6.21.